The summed E-state index contributed by atoms with van der Waals surface area (Å²) >= 11 is 4.85. The van der Waals surface area contributed by atoms with Crippen molar-refractivity contribution in [2.75, 3.05) is 31.7 Å². The molecule has 0 spiro atoms. The van der Waals surface area contributed by atoms with E-state index in [1.807, 2.05) is 11.9 Å². The first-order valence-corrected chi connectivity index (χ1v) is 6.87. The molecule has 2 N–H and O–H groups in total. The van der Waals surface area contributed by atoms with E-state index in [9.17, 15) is 4.39 Å². The summed E-state index contributed by atoms with van der Waals surface area (Å²) in [6.45, 7) is 2.45. The van der Waals surface area contributed by atoms with Gasteiger partial charge in [0.2, 0.25) is 0 Å². The third kappa shape index (κ3) is 3.64. The molecule has 1 aliphatic heterocycles. The molecule has 1 saturated heterocycles. The number of hydrogen-bond donors (Lipinski definition) is 1. The van der Waals surface area contributed by atoms with Crippen LogP contribution in [-0.4, -0.2) is 31.8 Å². The first-order valence-electron chi connectivity index (χ1n) is 6.46. The molecule has 0 aromatic heterocycles. The van der Waals surface area contributed by atoms with Crippen LogP contribution in [0.4, 0.5) is 10.1 Å². The minimum atomic E-state index is -0.278. The number of thiocarbonyl (C=S) groups is 1. The van der Waals surface area contributed by atoms with Gasteiger partial charge in [0.05, 0.1) is 5.69 Å². The Kier molecular flexibility index (Phi) is 4.71. The Morgan fingerprint density at radius 3 is 2.74 bits per heavy atom. The number of ether oxygens (including phenoxy) is 1. The zero-order chi connectivity index (χ0) is 13.8. The molecule has 3 nitrogen and oxygen atoms in total. The van der Waals surface area contributed by atoms with E-state index >= 15 is 0 Å². The van der Waals surface area contributed by atoms with Crippen LogP contribution < -0.4 is 10.6 Å². The molecule has 5 heteroatoms. The zero-order valence-electron chi connectivity index (χ0n) is 11.1. The van der Waals surface area contributed by atoms with E-state index in [4.69, 9.17) is 22.7 Å². The number of nitrogens with two attached hydrogens (primary N) is 1. The topological polar surface area (TPSA) is 38.5 Å². The quantitative estimate of drug-likeness (QED) is 0.860. The summed E-state index contributed by atoms with van der Waals surface area (Å²) in [4.78, 5) is 2.17. The van der Waals surface area contributed by atoms with Gasteiger partial charge in [0, 0.05) is 32.4 Å². The van der Waals surface area contributed by atoms with Gasteiger partial charge in [0.1, 0.15) is 10.8 Å². The standard InChI is InChI=1S/C14H19FN2OS/c1-17(9-10-4-6-18-7-5-10)13-3-2-11(14(16)19)8-12(13)15/h2-3,8,10H,4-7,9H2,1H3,(H2,16,19). The fraction of sp³-hybridized carbons (Fsp3) is 0.500. The summed E-state index contributed by atoms with van der Waals surface area (Å²) in [5, 5.41) is 0. The van der Waals surface area contributed by atoms with Crippen molar-refractivity contribution in [3.63, 3.8) is 0 Å². The summed E-state index contributed by atoms with van der Waals surface area (Å²) in [5.41, 5.74) is 6.65. The van der Waals surface area contributed by atoms with E-state index in [1.165, 1.54) is 6.07 Å². The SMILES string of the molecule is CN(CC1CCOCC1)c1ccc(C(N)=S)cc1F. The van der Waals surface area contributed by atoms with Crippen molar-refractivity contribution in [3.05, 3.63) is 29.6 Å². The average molecular weight is 282 g/mol. The molecule has 1 heterocycles. The van der Waals surface area contributed by atoms with E-state index in [0.29, 0.717) is 17.2 Å². The monoisotopic (exact) mass is 282 g/mol. The minimum absolute atomic E-state index is 0.220. The fourth-order valence-corrected chi connectivity index (χ4v) is 2.51. The summed E-state index contributed by atoms with van der Waals surface area (Å²) in [6, 6.07) is 4.91. The molecule has 1 fully saturated rings. The molecule has 1 aliphatic rings. The van der Waals surface area contributed by atoms with E-state index in [-0.39, 0.29) is 10.8 Å². The number of hydrogen-bond acceptors (Lipinski definition) is 3. The molecular weight excluding hydrogens is 263 g/mol. The number of rotatable bonds is 4. The second-order valence-corrected chi connectivity index (χ2v) is 5.41. The van der Waals surface area contributed by atoms with Crippen LogP contribution in [0.15, 0.2) is 18.2 Å². The van der Waals surface area contributed by atoms with Gasteiger partial charge in [-0.15, -0.1) is 0 Å². The molecule has 19 heavy (non-hydrogen) atoms. The number of nitrogens with zero attached hydrogens (tertiary/aromatic N) is 1. The van der Waals surface area contributed by atoms with Crippen LogP contribution in [0, 0.1) is 11.7 Å². The first kappa shape index (κ1) is 14.2. The highest BCUT2D eigenvalue weighted by Gasteiger charge is 2.17. The lowest BCUT2D eigenvalue weighted by Gasteiger charge is -2.28. The molecular formula is C14H19FN2OS. The molecule has 0 bridgehead atoms. The van der Waals surface area contributed by atoms with Crippen molar-refractivity contribution in [2.24, 2.45) is 11.7 Å². The summed E-state index contributed by atoms with van der Waals surface area (Å²) < 4.78 is 19.4. The molecule has 0 atom stereocenters. The van der Waals surface area contributed by atoms with Gasteiger partial charge in [-0.05, 0) is 37.0 Å². The lowest BCUT2D eigenvalue weighted by Crippen LogP contribution is -2.30. The minimum Gasteiger partial charge on any atom is -0.389 e. The predicted octanol–water partition coefficient (Wildman–Crippen LogP) is 2.32. The Hall–Kier alpha value is -1.20. The third-order valence-corrected chi connectivity index (χ3v) is 3.75. The van der Waals surface area contributed by atoms with Crippen LogP contribution in [0.2, 0.25) is 0 Å². The van der Waals surface area contributed by atoms with Crippen molar-refractivity contribution >= 4 is 22.9 Å². The van der Waals surface area contributed by atoms with Gasteiger partial charge in [-0.3, -0.25) is 0 Å². The predicted molar refractivity (Wildman–Crippen MR) is 79.1 cm³/mol. The summed E-state index contributed by atoms with van der Waals surface area (Å²) in [6.07, 6.45) is 2.08. The van der Waals surface area contributed by atoms with Gasteiger partial charge >= 0.3 is 0 Å². The highest BCUT2D eigenvalue weighted by molar-refractivity contribution is 7.80. The average Bonchev–Trinajstić information content (AvgIpc) is 2.39. The Bertz CT molecular complexity index is 461. The molecule has 0 radical (unpaired) electrons. The number of halogens is 1. The Balaban J connectivity index is 2.05. The number of benzene rings is 1. The van der Waals surface area contributed by atoms with Crippen molar-refractivity contribution in [3.8, 4) is 0 Å². The molecule has 2 rings (SSSR count). The Morgan fingerprint density at radius 2 is 2.16 bits per heavy atom. The second-order valence-electron chi connectivity index (χ2n) is 4.97. The third-order valence-electron chi connectivity index (χ3n) is 3.52. The maximum Gasteiger partial charge on any atom is 0.147 e. The normalized spacial score (nSPS) is 16.3. The highest BCUT2D eigenvalue weighted by atomic mass is 32.1. The largest absolute Gasteiger partial charge is 0.389 e. The van der Waals surface area contributed by atoms with Crippen molar-refractivity contribution < 1.29 is 9.13 Å². The highest BCUT2D eigenvalue weighted by Crippen LogP contribution is 2.23. The van der Waals surface area contributed by atoms with E-state index in [2.05, 4.69) is 0 Å². The molecule has 0 unspecified atom stereocenters. The maximum absolute atomic E-state index is 14.0. The van der Waals surface area contributed by atoms with Crippen LogP contribution in [0.5, 0.6) is 0 Å². The van der Waals surface area contributed by atoms with Gasteiger partial charge in [0.25, 0.3) is 0 Å². The van der Waals surface area contributed by atoms with Gasteiger partial charge in [-0.1, -0.05) is 12.2 Å². The van der Waals surface area contributed by atoms with Crippen LogP contribution >= 0.6 is 12.2 Å². The Labute approximate surface area is 118 Å². The fourth-order valence-electron chi connectivity index (χ4n) is 2.38. The Morgan fingerprint density at radius 1 is 1.47 bits per heavy atom. The van der Waals surface area contributed by atoms with Gasteiger partial charge in [-0.2, -0.15) is 0 Å². The maximum atomic E-state index is 14.0. The van der Waals surface area contributed by atoms with E-state index in [1.54, 1.807) is 12.1 Å². The molecule has 0 aliphatic carbocycles. The molecule has 104 valence electrons. The van der Waals surface area contributed by atoms with E-state index in [0.717, 1.165) is 32.6 Å². The smallest absolute Gasteiger partial charge is 0.147 e. The van der Waals surface area contributed by atoms with Crippen LogP contribution in [0.1, 0.15) is 18.4 Å². The van der Waals surface area contributed by atoms with Crippen LogP contribution in [-0.2, 0) is 4.74 Å². The molecule has 1 aromatic carbocycles. The van der Waals surface area contributed by atoms with Crippen molar-refractivity contribution in [1.82, 2.24) is 0 Å². The van der Waals surface area contributed by atoms with Crippen LogP contribution in [0.25, 0.3) is 0 Å². The van der Waals surface area contributed by atoms with Gasteiger partial charge in [0.15, 0.2) is 0 Å². The van der Waals surface area contributed by atoms with E-state index < -0.39 is 0 Å². The summed E-state index contributed by atoms with van der Waals surface area (Å²) in [5.74, 6) is 0.285. The molecule has 0 amide bonds. The molecule has 1 aromatic rings. The van der Waals surface area contributed by atoms with Crippen molar-refractivity contribution in [2.45, 2.75) is 12.8 Å². The lowest BCUT2D eigenvalue weighted by atomic mass is 9.99. The van der Waals surface area contributed by atoms with Crippen molar-refractivity contribution in [1.29, 1.82) is 0 Å². The zero-order valence-corrected chi connectivity index (χ0v) is 11.9. The lowest BCUT2D eigenvalue weighted by molar-refractivity contribution is 0.0685. The first-order chi connectivity index (χ1) is 9.08. The van der Waals surface area contributed by atoms with Gasteiger partial charge in [-0.25, -0.2) is 4.39 Å². The summed E-state index contributed by atoms with van der Waals surface area (Å²) in [7, 11) is 1.91. The van der Waals surface area contributed by atoms with Gasteiger partial charge < -0.3 is 15.4 Å². The number of anilines is 1. The second kappa shape index (κ2) is 6.30. The molecule has 0 saturated carbocycles. The van der Waals surface area contributed by atoms with Crippen LogP contribution in [0.3, 0.4) is 0 Å².